The first-order chi connectivity index (χ1) is 12.1. The summed E-state index contributed by atoms with van der Waals surface area (Å²) in [4.78, 5) is 0.409. The molecule has 5 heteroatoms. The highest BCUT2D eigenvalue weighted by molar-refractivity contribution is 7.89. The fourth-order valence-corrected chi connectivity index (χ4v) is 5.07. The number of nitrogens with one attached hydrogen (secondary N) is 1. The molecule has 0 amide bonds. The quantitative estimate of drug-likeness (QED) is 0.861. The number of rotatable bonds is 6. The lowest BCUT2D eigenvalue weighted by atomic mass is 9.98. The molecule has 1 aliphatic heterocycles. The lowest BCUT2D eigenvalue weighted by molar-refractivity contribution is 0.268. The molecule has 134 valence electrons. The average molecular weight is 359 g/mol. The summed E-state index contributed by atoms with van der Waals surface area (Å²) in [6, 6.07) is 17.0. The van der Waals surface area contributed by atoms with Gasteiger partial charge in [0.1, 0.15) is 0 Å². The Kier molecular flexibility index (Phi) is 5.89. The smallest absolute Gasteiger partial charge is 0.243 e. The Morgan fingerprint density at radius 3 is 2.32 bits per heavy atom. The summed E-state index contributed by atoms with van der Waals surface area (Å²) in [7, 11) is -3.47. The Hall–Kier alpha value is -1.69. The summed E-state index contributed by atoms with van der Waals surface area (Å²) in [5.41, 5.74) is 1.71. The number of sulfonamides is 1. The van der Waals surface area contributed by atoms with Gasteiger partial charge >= 0.3 is 0 Å². The Morgan fingerprint density at radius 1 is 1.00 bits per heavy atom. The Balaban J connectivity index is 1.82. The Labute approximate surface area is 150 Å². The summed E-state index contributed by atoms with van der Waals surface area (Å²) in [6.45, 7) is 5.23. The first-order valence-electron chi connectivity index (χ1n) is 8.98. The highest BCUT2D eigenvalue weighted by Gasteiger charge is 2.30. The van der Waals surface area contributed by atoms with Crippen LogP contribution in [0.25, 0.3) is 11.1 Å². The maximum atomic E-state index is 13.2. The van der Waals surface area contributed by atoms with E-state index in [9.17, 15) is 8.42 Å². The number of hydrogen-bond acceptors (Lipinski definition) is 3. The number of nitrogens with zero attached hydrogens (tertiary/aromatic N) is 1. The molecule has 0 atom stereocenters. The SMILES string of the molecule is CCNCC1CCN(S(=O)(=O)c2ccccc2-c2ccccc2)CC1. The van der Waals surface area contributed by atoms with E-state index < -0.39 is 10.0 Å². The van der Waals surface area contributed by atoms with E-state index in [0.717, 1.165) is 37.1 Å². The van der Waals surface area contributed by atoms with Crippen LogP contribution in [0.15, 0.2) is 59.5 Å². The molecule has 0 unspecified atom stereocenters. The van der Waals surface area contributed by atoms with E-state index in [1.807, 2.05) is 42.5 Å². The molecule has 0 aromatic heterocycles. The summed E-state index contributed by atoms with van der Waals surface area (Å²) in [6.07, 6.45) is 1.83. The highest BCUT2D eigenvalue weighted by Crippen LogP contribution is 2.31. The molecular formula is C20H26N2O2S. The fraction of sp³-hybridized carbons (Fsp3) is 0.400. The number of hydrogen-bond donors (Lipinski definition) is 1. The average Bonchev–Trinajstić information content (AvgIpc) is 2.67. The van der Waals surface area contributed by atoms with E-state index in [-0.39, 0.29) is 0 Å². The van der Waals surface area contributed by atoms with Crippen molar-refractivity contribution >= 4 is 10.0 Å². The Morgan fingerprint density at radius 2 is 1.64 bits per heavy atom. The van der Waals surface area contributed by atoms with Crippen LogP contribution in [0.4, 0.5) is 0 Å². The van der Waals surface area contributed by atoms with Crippen LogP contribution in [0.2, 0.25) is 0 Å². The van der Waals surface area contributed by atoms with Crippen LogP contribution in [0, 0.1) is 5.92 Å². The second-order valence-corrected chi connectivity index (χ2v) is 8.42. The van der Waals surface area contributed by atoms with Gasteiger partial charge in [-0.1, -0.05) is 55.5 Å². The molecule has 1 fully saturated rings. The maximum Gasteiger partial charge on any atom is 0.243 e. The topological polar surface area (TPSA) is 49.4 Å². The molecule has 0 aliphatic carbocycles. The van der Waals surface area contributed by atoms with E-state index in [1.54, 1.807) is 16.4 Å². The van der Waals surface area contributed by atoms with E-state index in [0.29, 0.717) is 23.9 Å². The third kappa shape index (κ3) is 4.11. The lowest BCUT2D eigenvalue weighted by Crippen LogP contribution is -2.40. The summed E-state index contributed by atoms with van der Waals surface area (Å²) in [5, 5.41) is 3.37. The van der Waals surface area contributed by atoms with Crippen LogP contribution in [0.5, 0.6) is 0 Å². The van der Waals surface area contributed by atoms with Crippen molar-refractivity contribution in [2.24, 2.45) is 5.92 Å². The normalized spacial score (nSPS) is 16.8. The van der Waals surface area contributed by atoms with Gasteiger partial charge in [-0.05, 0) is 43.5 Å². The number of benzene rings is 2. The van der Waals surface area contributed by atoms with E-state index in [4.69, 9.17) is 0 Å². The molecule has 4 nitrogen and oxygen atoms in total. The van der Waals surface area contributed by atoms with Crippen molar-refractivity contribution in [3.05, 3.63) is 54.6 Å². The van der Waals surface area contributed by atoms with Gasteiger partial charge in [-0.3, -0.25) is 0 Å². The molecule has 2 aromatic carbocycles. The van der Waals surface area contributed by atoms with Crippen LogP contribution in [-0.4, -0.2) is 38.9 Å². The van der Waals surface area contributed by atoms with Crippen molar-refractivity contribution in [1.29, 1.82) is 0 Å². The van der Waals surface area contributed by atoms with E-state index in [1.165, 1.54) is 0 Å². The third-order valence-corrected chi connectivity index (χ3v) is 6.80. The van der Waals surface area contributed by atoms with Crippen molar-refractivity contribution in [2.45, 2.75) is 24.7 Å². The van der Waals surface area contributed by atoms with Crippen molar-refractivity contribution in [1.82, 2.24) is 9.62 Å². The molecular weight excluding hydrogens is 332 g/mol. The van der Waals surface area contributed by atoms with Crippen LogP contribution < -0.4 is 5.32 Å². The van der Waals surface area contributed by atoms with E-state index in [2.05, 4.69) is 12.2 Å². The predicted molar refractivity (Wildman–Crippen MR) is 102 cm³/mol. The molecule has 0 bridgehead atoms. The van der Waals surface area contributed by atoms with Gasteiger partial charge in [0.15, 0.2) is 0 Å². The second-order valence-electron chi connectivity index (χ2n) is 6.52. The van der Waals surface area contributed by atoms with Gasteiger partial charge in [-0.25, -0.2) is 8.42 Å². The highest BCUT2D eigenvalue weighted by atomic mass is 32.2. The van der Waals surface area contributed by atoms with Crippen molar-refractivity contribution in [3.63, 3.8) is 0 Å². The van der Waals surface area contributed by atoms with Gasteiger partial charge in [-0.2, -0.15) is 4.31 Å². The fourth-order valence-electron chi connectivity index (χ4n) is 3.39. The molecule has 3 rings (SSSR count). The zero-order chi connectivity index (χ0) is 17.7. The van der Waals surface area contributed by atoms with Crippen LogP contribution >= 0.6 is 0 Å². The van der Waals surface area contributed by atoms with Crippen molar-refractivity contribution in [3.8, 4) is 11.1 Å². The van der Waals surface area contributed by atoms with Crippen molar-refractivity contribution in [2.75, 3.05) is 26.2 Å². The maximum absolute atomic E-state index is 13.2. The monoisotopic (exact) mass is 358 g/mol. The van der Waals surface area contributed by atoms with Gasteiger partial charge in [0.05, 0.1) is 4.90 Å². The summed E-state index contributed by atoms with van der Waals surface area (Å²) >= 11 is 0. The van der Waals surface area contributed by atoms with Crippen LogP contribution in [0.1, 0.15) is 19.8 Å². The first-order valence-corrected chi connectivity index (χ1v) is 10.4. The molecule has 0 saturated carbocycles. The second kappa shape index (κ2) is 8.13. The van der Waals surface area contributed by atoms with Gasteiger partial charge in [-0.15, -0.1) is 0 Å². The molecule has 1 aliphatic rings. The summed E-state index contributed by atoms with van der Waals surface area (Å²) < 4.78 is 28.1. The third-order valence-electron chi connectivity index (χ3n) is 4.85. The largest absolute Gasteiger partial charge is 0.317 e. The lowest BCUT2D eigenvalue weighted by Gasteiger charge is -2.31. The molecule has 0 radical (unpaired) electrons. The minimum absolute atomic E-state index is 0.409. The standard InChI is InChI=1S/C20H26N2O2S/c1-2-21-16-17-12-14-22(15-13-17)25(23,24)20-11-7-6-10-19(20)18-8-4-3-5-9-18/h3-11,17,21H,2,12-16H2,1H3. The van der Waals surface area contributed by atoms with Crippen LogP contribution in [-0.2, 0) is 10.0 Å². The van der Waals surface area contributed by atoms with Crippen LogP contribution in [0.3, 0.4) is 0 Å². The van der Waals surface area contributed by atoms with Gasteiger partial charge < -0.3 is 5.32 Å². The minimum Gasteiger partial charge on any atom is -0.317 e. The molecule has 25 heavy (non-hydrogen) atoms. The molecule has 0 spiro atoms. The van der Waals surface area contributed by atoms with Crippen molar-refractivity contribution < 1.29 is 8.42 Å². The Bertz CT molecular complexity index is 782. The zero-order valence-corrected chi connectivity index (χ0v) is 15.5. The predicted octanol–water partition coefficient (Wildman–Crippen LogP) is 3.36. The molecule has 2 aromatic rings. The van der Waals surface area contributed by atoms with Gasteiger partial charge in [0.25, 0.3) is 0 Å². The van der Waals surface area contributed by atoms with Gasteiger partial charge in [0, 0.05) is 18.7 Å². The summed E-state index contributed by atoms with van der Waals surface area (Å²) in [5.74, 6) is 0.566. The van der Waals surface area contributed by atoms with E-state index >= 15 is 0 Å². The first kappa shape index (κ1) is 18.1. The number of piperidine rings is 1. The molecule has 1 heterocycles. The molecule has 1 N–H and O–H groups in total. The zero-order valence-electron chi connectivity index (χ0n) is 14.7. The van der Waals surface area contributed by atoms with Gasteiger partial charge in [0.2, 0.25) is 10.0 Å². The minimum atomic E-state index is -3.47. The molecule has 1 saturated heterocycles.